The number of primary sulfonamides is 1. The van der Waals surface area contributed by atoms with Gasteiger partial charge in [0.2, 0.25) is 10.0 Å². The van der Waals surface area contributed by atoms with Crippen molar-refractivity contribution < 1.29 is 13.2 Å². The van der Waals surface area contributed by atoms with E-state index in [9.17, 15) is 8.42 Å². The molecule has 4 N–H and O–H groups in total. The lowest BCUT2D eigenvalue weighted by Crippen LogP contribution is -2.16. The van der Waals surface area contributed by atoms with Crippen molar-refractivity contribution in [1.29, 1.82) is 0 Å². The summed E-state index contributed by atoms with van der Waals surface area (Å²) < 4.78 is 28.4. The van der Waals surface area contributed by atoms with Gasteiger partial charge in [-0.1, -0.05) is 26.7 Å². The van der Waals surface area contributed by atoms with Crippen LogP contribution >= 0.6 is 0 Å². The van der Waals surface area contributed by atoms with Gasteiger partial charge in [-0.15, -0.1) is 0 Å². The topological polar surface area (TPSA) is 95.4 Å². The molecule has 0 fully saturated rings. The van der Waals surface area contributed by atoms with Gasteiger partial charge in [0, 0.05) is 5.69 Å². The van der Waals surface area contributed by atoms with Crippen LogP contribution in [-0.4, -0.2) is 15.0 Å². The van der Waals surface area contributed by atoms with Gasteiger partial charge >= 0.3 is 0 Å². The molecule has 0 heterocycles. The van der Waals surface area contributed by atoms with Crippen molar-refractivity contribution in [2.75, 3.05) is 12.3 Å². The van der Waals surface area contributed by atoms with E-state index in [2.05, 4.69) is 13.8 Å². The molecule has 0 saturated carbocycles. The molecule has 0 aliphatic heterocycles. The van der Waals surface area contributed by atoms with Crippen LogP contribution in [0, 0.1) is 5.92 Å². The van der Waals surface area contributed by atoms with Crippen LogP contribution in [0.1, 0.15) is 26.7 Å². The summed E-state index contributed by atoms with van der Waals surface area (Å²) in [6.07, 6.45) is 1.96. The van der Waals surface area contributed by atoms with Gasteiger partial charge in [-0.2, -0.15) is 0 Å². The van der Waals surface area contributed by atoms with Crippen molar-refractivity contribution >= 4 is 15.7 Å². The number of sulfonamides is 1. The summed E-state index contributed by atoms with van der Waals surface area (Å²) in [7, 11) is -3.82. The predicted octanol–water partition coefficient (Wildman–Crippen LogP) is 1.73. The zero-order valence-electron chi connectivity index (χ0n) is 10.7. The number of anilines is 1. The van der Waals surface area contributed by atoms with Gasteiger partial charge in [0.1, 0.15) is 10.6 Å². The van der Waals surface area contributed by atoms with E-state index in [1.807, 2.05) is 0 Å². The molecule has 18 heavy (non-hydrogen) atoms. The number of hydrogen-bond acceptors (Lipinski definition) is 4. The number of ether oxygens (including phenoxy) is 1. The Hall–Kier alpha value is -1.27. The van der Waals surface area contributed by atoms with Crippen LogP contribution in [-0.2, 0) is 10.0 Å². The summed E-state index contributed by atoms with van der Waals surface area (Å²) >= 11 is 0. The van der Waals surface area contributed by atoms with Crippen LogP contribution in [0.5, 0.6) is 5.75 Å². The first-order valence-electron chi connectivity index (χ1n) is 5.93. The Morgan fingerprint density at radius 3 is 2.39 bits per heavy atom. The Balaban J connectivity index is 2.96. The predicted molar refractivity (Wildman–Crippen MR) is 71.8 cm³/mol. The maximum absolute atomic E-state index is 11.4. The van der Waals surface area contributed by atoms with Crippen LogP contribution in [0.4, 0.5) is 5.69 Å². The second-order valence-corrected chi connectivity index (χ2v) is 5.77. The monoisotopic (exact) mass is 272 g/mol. The minimum atomic E-state index is -3.82. The highest BCUT2D eigenvalue weighted by atomic mass is 32.2. The average molecular weight is 272 g/mol. The van der Waals surface area contributed by atoms with Gasteiger partial charge in [0.15, 0.2) is 0 Å². The first-order chi connectivity index (χ1) is 8.38. The minimum Gasteiger partial charge on any atom is -0.492 e. The van der Waals surface area contributed by atoms with Crippen LogP contribution in [0.2, 0.25) is 0 Å². The molecule has 0 aliphatic rings. The Kier molecular flexibility index (Phi) is 4.98. The third-order valence-corrected chi connectivity index (χ3v) is 3.84. The molecule has 6 heteroatoms. The number of benzene rings is 1. The lowest BCUT2D eigenvalue weighted by Gasteiger charge is -2.15. The van der Waals surface area contributed by atoms with Crippen LogP contribution in [0.25, 0.3) is 0 Å². The molecule has 0 saturated heterocycles. The molecule has 102 valence electrons. The molecule has 0 unspecified atom stereocenters. The molecule has 1 rings (SSSR count). The maximum atomic E-state index is 11.4. The molecular formula is C12H20N2O3S. The van der Waals surface area contributed by atoms with E-state index in [4.69, 9.17) is 15.6 Å². The third-order valence-electron chi connectivity index (χ3n) is 2.90. The largest absolute Gasteiger partial charge is 0.492 e. The number of nitrogens with two attached hydrogens (primary N) is 2. The fourth-order valence-electron chi connectivity index (χ4n) is 1.60. The molecule has 1 aromatic rings. The summed E-state index contributed by atoms with van der Waals surface area (Å²) in [5.41, 5.74) is 5.90. The molecule has 0 atom stereocenters. The minimum absolute atomic E-state index is 0.0616. The van der Waals surface area contributed by atoms with E-state index in [0.717, 1.165) is 12.8 Å². The Morgan fingerprint density at radius 1 is 1.28 bits per heavy atom. The Labute approximate surface area is 108 Å². The highest BCUT2D eigenvalue weighted by Gasteiger charge is 2.16. The molecule has 0 radical (unpaired) electrons. The highest BCUT2D eigenvalue weighted by molar-refractivity contribution is 7.89. The molecule has 0 aromatic heterocycles. The second-order valence-electron chi connectivity index (χ2n) is 4.24. The van der Waals surface area contributed by atoms with Crippen molar-refractivity contribution in [3.8, 4) is 5.75 Å². The van der Waals surface area contributed by atoms with E-state index in [1.165, 1.54) is 12.1 Å². The number of hydrogen-bond donors (Lipinski definition) is 2. The molecule has 0 spiro atoms. The SMILES string of the molecule is CCC(CC)COc1ccc(N)cc1S(N)(=O)=O. The second kappa shape index (κ2) is 6.06. The van der Waals surface area contributed by atoms with Crippen LogP contribution in [0.3, 0.4) is 0 Å². The lowest BCUT2D eigenvalue weighted by atomic mass is 10.1. The van der Waals surface area contributed by atoms with E-state index >= 15 is 0 Å². The maximum Gasteiger partial charge on any atom is 0.241 e. The van der Waals surface area contributed by atoms with Crippen LogP contribution in [0.15, 0.2) is 23.1 Å². The lowest BCUT2D eigenvalue weighted by molar-refractivity contribution is 0.235. The Morgan fingerprint density at radius 2 is 1.89 bits per heavy atom. The van der Waals surface area contributed by atoms with Gasteiger partial charge in [-0.05, 0) is 24.1 Å². The van der Waals surface area contributed by atoms with Gasteiger partial charge in [-0.25, -0.2) is 13.6 Å². The van der Waals surface area contributed by atoms with E-state index < -0.39 is 10.0 Å². The standard InChI is InChI=1S/C12H20N2O3S/c1-3-9(4-2)8-17-11-6-5-10(13)7-12(11)18(14,15)16/h5-7,9H,3-4,8,13H2,1-2H3,(H2,14,15,16). The number of nitrogen functional groups attached to an aromatic ring is 1. The van der Waals surface area contributed by atoms with E-state index in [1.54, 1.807) is 6.07 Å². The van der Waals surface area contributed by atoms with Gasteiger partial charge in [0.25, 0.3) is 0 Å². The van der Waals surface area contributed by atoms with E-state index in [-0.39, 0.29) is 10.6 Å². The summed E-state index contributed by atoms with van der Waals surface area (Å²) in [5.74, 6) is 0.662. The molecule has 0 aliphatic carbocycles. The van der Waals surface area contributed by atoms with Crippen LogP contribution < -0.4 is 15.6 Å². The summed E-state index contributed by atoms with van der Waals surface area (Å²) in [4.78, 5) is -0.0616. The zero-order valence-corrected chi connectivity index (χ0v) is 11.5. The Bertz CT molecular complexity index is 496. The van der Waals surface area contributed by atoms with Gasteiger partial charge in [-0.3, -0.25) is 0 Å². The summed E-state index contributed by atoms with van der Waals surface area (Å²) in [6, 6.07) is 4.45. The van der Waals surface area contributed by atoms with Crippen molar-refractivity contribution in [2.24, 2.45) is 11.1 Å². The molecular weight excluding hydrogens is 252 g/mol. The van der Waals surface area contributed by atoms with Crippen molar-refractivity contribution in [2.45, 2.75) is 31.6 Å². The third kappa shape index (κ3) is 3.89. The highest BCUT2D eigenvalue weighted by Crippen LogP contribution is 2.26. The first kappa shape index (κ1) is 14.8. The van der Waals surface area contributed by atoms with Gasteiger partial charge in [0.05, 0.1) is 6.61 Å². The summed E-state index contributed by atoms with van der Waals surface area (Å²) in [5, 5.41) is 5.13. The smallest absolute Gasteiger partial charge is 0.241 e. The quantitative estimate of drug-likeness (QED) is 0.771. The average Bonchev–Trinajstić information content (AvgIpc) is 2.30. The van der Waals surface area contributed by atoms with Crippen molar-refractivity contribution in [3.05, 3.63) is 18.2 Å². The van der Waals surface area contributed by atoms with Crippen molar-refractivity contribution in [1.82, 2.24) is 0 Å². The zero-order chi connectivity index (χ0) is 13.8. The number of rotatable bonds is 6. The van der Waals surface area contributed by atoms with Crippen molar-refractivity contribution in [3.63, 3.8) is 0 Å². The molecule has 0 amide bonds. The molecule has 5 nitrogen and oxygen atoms in total. The molecule has 1 aromatic carbocycles. The first-order valence-corrected chi connectivity index (χ1v) is 7.48. The fraction of sp³-hybridized carbons (Fsp3) is 0.500. The fourth-order valence-corrected chi connectivity index (χ4v) is 2.31. The van der Waals surface area contributed by atoms with Gasteiger partial charge < -0.3 is 10.5 Å². The van der Waals surface area contributed by atoms with E-state index in [0.29, 0.717) is 18.2 Å². The summed E-state index contributed by atoms with van der Waals surface area (Å²) in [6.45, 7) is 4.61. The normalized spacial score (nSPS) is 11.8. The molecule has 0 bridgehead atoms.